The fourth-order valence-corrected chi connectivity index (χ4v) is 9.80. The summed E-state index contributed by atoms with van der Waals surface area (Å²) in [7, 11) is -1.90. The number of rotatable bonds is 1. The van der Waals surface area contributed by atoms with E-state index in [1.54, 1.807) is 0 Å². The molecule has 1 aliphatic carbocycles. The first-order valence-corrected chi connectivity index (χ1v) is 10.7. The van der Waals surface area contributed by atoms with Crippen LogP contribution in [0.2, 0.25) is 13.1 Å². The van der Waals surface area contributed by atoms with E-state index in [-0.39, 0.29) is 56.8 Å². The number of aryl methyl sites for hydroxylation is 1. The van der Waals surface area contributed by atoms with Gasteiger partial charge in [-0.15, -0.1) is 27.6 Å². The number of benzene rings is 1. The van der Waals surface area contributed by atoms with Gasteiger partial charge in [-0.3, -0.25) is 0 Å². The molecule has 0 aromatic heterocycles. The van der Waals surface area contributed by atoms with E-state index < -0.39 is 8.07 Å². The van der Waals surface area contributed by atoms with Crippen LogP contribution in [0.5, 0.6) is 0 Å². The molecule has 1 radical (unpaired) electrons. The zero-order valence-corrected chi connectivity index (χ0v) is 19.6. The Kier molecular flexibility index (Phi) is 6.49. The minimum absolute atomic E-state index is 0. The maximum Gasteiger partial charge on any atom is 3.00 e. The van der Waals surface area contributed by atoms with Gasteiger partial charge in [0.25, 0.3) is 0 Å². The van der Waals surface area contributed by atoms with Crippen LogP contribution >= 0.6 is 15.9 Å². The molecule has 2 bridgehead atoms. The van der Waals surface area contributed by atoms with Gasteiger partial charge >= 0.3 is 26.2 Å². The minimum Gasteiger partial charge on any atom is -1.00 e. The summed E-state index contributed by atoms with van der Waals surface area (Å²) in [6.45, 7) is 6.69. The van der Waals surface area contributed by atoms with E-state index in [1.807, 2.05) is 6.08 Å². The average Bonchev–Trinajstić information content (AvgIpc) is 2.99. The largest absolute Gasteiger partial charge is 3.00 e. The van der Waals surface area contributed by atoms with Gasteiger partial charge in [0.05, 0.1) is 13.9 Å². The SMILES string of the molecule is Cc1[cH-]c2c(C3=CC=CC3)c(F)c3c(Br)c2c1[Si]3(C)C.[Cl-].[Cl-].[Zr+3]. The molecule has 0 saturated heterocycles. The third-order valence-corrected chi connectivity index (χ3v) is 9.54. The molecular formula is C17H15BrCl2FSiZr. The van der Waals surface area contributed by atoms with Crippen molar-refractivity contribution < 1.29 is 55.4 Å². The molecule has 0 fully saturated rings. The van der Waals surface area contributed by atoms with Crippen molar-refractivity contribution in [2.24, 2.45) is 0 Å². The van der Waals surface area contributed by atoms with E-state index in [4.69, 9.17) is 0 Å². The second kappa shape index (κ2) is 6.96. The van der Waals surface area contributed by atoms with Gasteiger partial charge in [-0.2, -0.15) is 0 Å². The molecule has 0 N–H and O–H groups in total. The van der Waals surface area contributed by atoms with Crippen molar-refractivity contribution in [3.8, 4) is 0 Å². The van der Waals surface area contributed by atoms with Gasteiger partial charge in [-0.05, 0) is 16.1 Å². The Bertz CT molecular complexity index is 852. The Hall–Kier alpha value is 0.400. The van der Waals surface area contributed by atoms with Gasteiger partial charge in [0.1, 0.15) is 0 Å². The van der Waals surface area contributed by atoms with Gasteiger partial charge in [0.2, 0.25) is 0 Å². The van der Waals surface area contributed by atoms with Gasteiger partial charge in [0, 0.05) is 0 Å². The van der Waals surface area contributed by atoms with E-state index >= 15 is 4.39 Å². The zero-order valence-electron chi connectivity index (χ0n) is 13.0. The van der Waals surface area contributed by atoms with E-state index in [2.05, 4.69) is 54.2 Å². The number of allylic oxidation sites excluding steroid dienone is 4. The van der Waals surface area contributed by atoms with Crippen LogP contribution in [0.4, 0.5) is 4.39 Å². The Labute approximate surface area is 177 Å². The van der Waals surface area contributed by atoms with Gasteiger partial charge in [0.15, 0.2) is 0 Å². The van der Waals surface area contributed by atoms with Gasteiger partial charge in [-0.1, -0.05) is 65.3 Å². The first kappa shape index (κ1) is 21.4. The van der Waals surface area contributed by atoms with Crippen molar-refractivity contribution in [2.45, 2.75) is 26.4 Å². The predicted molar refractivity (Wildman–Crippen MR) is 90.4 cm³/mol. The van der Waals surface area contributed by atoms with Crippen LogP contribution in [0.1, 0.15) is 17.5 Å². The third-order valence-electron chi connectivity index (χ3n) is 4.76. The smallest absolute Gasteiger partial charge is 1.00 e. The fourth-order valence-electron chi connectivity index (χ4n) is 4.01. The van der Waals surface area contributed by atoms with E-state index in [9.17, 15) is 0 Å². The summed E-state index contributed by atoms with van der Waals surface area (Å²) in [4.78, 5) is 0. The van der Waals surface area contributed by atoms with Gasteiger partial charge in [-0.25, -0.2) is 4.39 Å². The molecule has 0 saturated carbocycles. The van der Waals surface area contributed by atoms with Crippen molar-refractivity contribution in [3.63, 3.8) is 0 Å². The van der Waals surface area contributed by atoms with E-state index in [0.717, 1.165) is 32.6 Å². The summed E-state index contributed by atoms with van der Waals surface area (Å²) >= 11 is 3.68. The molecule has 0 atom stereocenters. The Morgan fingerprint density at radius 2 is 1.87 bits per heavy atom. The zero-order chi connectivity index (χ0) is 14.2. The summed E-state index contributed by atoms with van der Waals surface area (Å²) < 4.78 is 16.2. The molecule has 6 heteroatoms. The summed E-state index contributed by atoms with van der Waals surface area (Å²) in [6.07, 6.45) is 7.02. The van der Waals surface area contributed by atoms with Crippen LogP contribution < -0.4 is 35.2 Å². The van der Waals surface area contributed by atoms with E-state index in [0.29, 0.717) is 0 Å². The van der Waals surface area contributed by atoms with E-state index in [1.165, 1.54) is 16.1 Å². The molecule has 2 aliphatic rings. The quantitative estimate of drug-likeness (QED) is 0.317. The van der Waals surface area contributed by atoms with Crippen molar-refractivity contribution in [2.75, 3.05) is 0 Å². The first-order valence-electron chi connectivity index (χ1n) is 6.92. The minimum atomic E-state index is -1.90. The Morgan fingerprint density at radius 3 is 2.43 bits per heavy atom. The van der Waals surface area contributed by atoms with Crippen LogP contribution in [-0.2, 0) is 26.2 Å². The standard InChI is InChI=1S/C17H15BrFSi.2ClH.Zr/c1-9-8-11-12(10-6-4-5-7-10)15(19)17-14(18)13(11)16(9)20(17,2)3;;;/h4-6,8H,7H2,1-3H3;2*1H;/q-1;;;+3/p-2. The number of halogens is 4. The fraction of sp³-hybridized carbons (Fsp3) is 0.235. The average molecular weight is 508 g/mol. The molecule has 0 nitrogen and oxygen atoms in total. The number of hydrogen-bond acceptors (Lipinski definition) is 0. The second-order valence-corrected chi connectivity index (χ2v) is 11.4. The topological polar surface area (TPSA) is 0 Å². The third kappa shape index (κ3) is 2.64. The van der Waals surface area contributed by atoms with Crippen LogP contribution in [0.3, 0.4) is 0 Å². The Balaban J connectivity index is 0.000000882. The maximum atomic E-state index is 15.2. The van der Waals surface area contributed by atoms with Gasteiger partial charge < -0.3 is 24.8 Å². The first-order chi connectivity index (χ1) is 9.44. The molecule has 0 spiro atoms. The molecule has 2 aromatic rings. The van der Waals surface area contributed by atoms with Crippen LogP contribution in [0.15, 0.2) is 28.8 Å². The van der Waals surface area contributed by atoms with Crippen molar-refractivity contribution in [3.05, 3.63) is 45.7 Å². The second-order valence-electron chi connectivity index (χ2n) is 6.32. The van der Waals surface area contributed by atoms with Crippen molar-refractivity contribution in [1.82, 2.24) is 0 Å². The molecule has 2 aromatic carbocycles. The molecule has 0 amide bonds. The molecular weight excluding hydrogens is 493 g/mol. The molecule has 1 heterocycles. The molecule has 119 valence electrons. The summed E-state index contributed by atoms with van der Waals surface area (Å²) in [5.41, 5.74) is 3.29. The monoisotopic (exact) mass is 505 g/mol. The number of hydrogen-bond donors (Lipinski definition) is 0. The van der Waals surface area contributed by atoms with Crippen molar-refractivity contribution in [1.29, 1.82) is 0 Å². The normalized spacial score (nSPS) is 16.1. The molecule has 1 aliphatic heterocycles. The summed E-state index contributed by atoms with van der Waals surface area (Å²) in [5, 5.41) is 4.75. The Morgan fingerprint density at radius 1 is 1.22 bits per heavy atom. The predicted octanol–water partition coefficient (Wildman–Crippen LogP) is -1.75. The molecule has 23 heavy (non-hydrogen) atoms. The van der Waals surface area contributed by atoms with Crippen LogP contribution in [0, 0.1) is 12.7 Å². The molecule has 0 unspecified atom stereocenters. The van der Waals surface area contributed by atoms with Crippen LogP contribution in [0.25, 0.3) is 16.3 Å². The van der Waals surface area contributed by atoms with Crippen molar-refractivity contribution >= 4 is 50.7 Å². The number of fused-ring (bicyclic) bond motifs is 1. The maximum absolute atomic E-state index is 15.2. The summed E-state index contributed by atoms with van der Waals surface area (Å²) in [6, 6.07) is 2.19. The van der Waals surface area contributed by atoms with Crippen LogP contribution in [-0.4, -0.2) is 8.07 Å². The molecule has 4 rings (SSSR count). The summed E-state index contributed by atoms with van der Waals surface area (Å²) in [5.74, 6) is 0.0148.